The molecule has 1 nitrogen and oxygen atoms in total. The van der Waals surface area contributed by atoms with E-state index >= 15 is 0 Å². The van der Waals surface area contributed by atoms with Crippen LogP contribution in [-0.4, -0.2) is 5.71 Å². The number of allylic oxidation sites excluding steroid dienone is 3. The summed E-state index contributed by atoms with van der Waals surface area (Å²) in [6.45, 7) is 8.35. The molecule has 0 bridgehead atoms. The maximum absolute atomic E-state index is 4.30. The van der Waals surface area contributed by atoms with Gasteiger partial charge in [-0.05, 0) is 32.3 Å². The summed E-state index contributed by atoms with van der Waals surface area (Å²) in [4.78, 5) is 4.30. The van der Waals surface area contributed by atoms with Crippen LogP contribution in [0.1, 0.15) is 40.5 Å². The standard InChI is InChI=1S/C11H19N/c1-5-8-11(7-3)10(4)12-9-6-2/h6,8-9H,5,7H2,1-4H3/b9-6-,11-8+,12-10-. The first kappa shape index (κ1) is 11.2. The van der Waals surface area contributed by atoms with E-state index in [1.807, 2.05) is 19.2 Å². The molecule has 0 saturated carbocycles. The Labute approximate surface area is 75.9 Å². The molecular formula is C11H19N. The van der Waals surface area contributed by atoms with E-state index in [9.17, 15) is 0 Å². The summed E-state index contributed by atoms with van der Waals surface area (Å²) in [6, 6.07) is 0. The molecule has 0 radical (unpaired) electrons. The van der Waals surface area contributed by atoms with Crippen molar-refractivity contribution in [1.82, 2.24) is 0 Å². The highest BCUT2D eigenvalue weighted by molar-refractivity contribution is 5.98. The van der Waals surface area contributed by atoms with Crippen LogP contribution in [0.3, 0.4) is 0 Å². The fraction of sp³-hybridized carbons (Fsp3) is 0.545. The highest BCUT2D eigenvalue weighted by atomic mass is 14.7. The van der Waals surface area contributed by atoms with Crippen LogP contribution < -0.4 is 0 Å². The zero-order valence-electron chi connectivity index (χ0n) is 8.59. The molecule has 0 amide bonds. The zero-order valence-corrected chi connectivity index (χ0v) is 8.59. The van der Waals surface area contributed by atoms with Crippen molar-refractivity contribution < 1.29 is 0 Å². The minimum absolute atomic E-state index is 1.07. The van der Waals surface area contributed by atoms with E-state index in [2.05, 4.69) is 31.8 Å². The van der Waals surface area contributed by atoms with Gasteiger partial charge < -0.3 is 0 Å². The SMILES string of the molecule is C\C=C/N=C(C)\C(=C\CC)CC. The average Bonchev–Trinajstić information content (AvgIpc) is 2.10. The van der Waals surface area contributed by atoms with Crippen molar-refractivity contribution in [2.45, 2.75) is 40.5 Å². The van der Waals surface area contributed by atoms with Crippen molar-refractivity contribution in [3.63, 3.8) is 0 Å². The Morgan fingerprint density at radius 2 is 2.00 bits per heavy atom. The van der Waals surface area contributed by atoms with Gasteiger partial charge in [0.15, 0.2) is 0 Å². The highest BCUT2D eigenvalue weighted by Crippen LogP contribution is 2.05. The lowest BCUT2D eigenvalue weighted by Crippen LogP contribution is -1.95. The minimum Gasteiger partial charge on any atom is -0.262 e. The lowest BCUT2D eigenvalue weighted by Gasteiger charge is -2.01. The quantitative estimate of drug-likeness (QED) is 0.563. The Morgan fingerprint density at radius 3 is 2.42 bits per heavy atom. The zero-order chi connectivity index (χ0) is 9.40. The number of hydrogen-bond donors (Lipinski definition) is 0. The second kappa shape index (κ2) is 6.84. The lowest BCUT2D eigenvalue weighted by atomic mass is 10.1. The van der Waals surface area contributed by atoms with E-state index in [0.717, 1.165) is 18.6 Å². The number of rotatable bonds is 4. The molecule has 0 aliphatic carbocycles. The molecule has 0 aromatic rings. The third kappa shape index (κ3) is 4.12. The van der Waals surface area contributed by atoms with E-state index in [1.54, 1.807) is 0 Å². The molecule has 0 aromatic heterocycles. The third-order valence-electron chi connectivity index (χ3n) is 1.71. The number of aliphatic imine (C=N–C) groups is 1. The first-order valence-corrected chi connectivity index (χ1v) is 4.61. The van der Waals surface area contributed by atoms with Gasteiger partial charge in [-0.25, -0.2) is 0 Å². The normalized spacial score (nSPS) is 14.3. The molecule has 0 aliphatic heterocycles. The maximum atomic E-state index is 4.30. The Balaban J connectivity index is 4.40. The third-order valence-corrected chi connectivity index (χ3v) is 1.71. The molecule has 68 valence electrons. The van der Waals surface area contributed by atoms with Crippen LogP contribution in [0.15, 0.2) is 28.9 Å². The fourth-order valence-electron chi connectivity index (χ4n) is 1.06. The lowest BCUT2D eigenvalue weighted by molar-refractivity contribution is 1.11. The van der Waals surface area contributed by atoms with Gasteiger partial charge in [0.25, 0.3) is 0 Å². The van der Waals surface area contributed by atoms with Gasteiger partial charge in [-0.2, -0.15) is 0 Å². The van der Waals surface area contributed by atoms with Crippen molar-refractivity contribution in [3.8, 4) is 0 Å². The Bertz CT molecular complexity index is 197. The topological polar surface area (TPSA) is 12.4 Å². The monoisotopic (exact) mass is 165 g/mol. The first-order chi connectivity index (χ1) is 5.76. The molecule has 0 aliphatic rings. The summed E-state index contributed by atoms with van der Waals surface area (Å²) >= 11 is 0. The summed E-state index contributed by atoms with van der Waals surface area (Å²) in [5.74, 6) is 0. The molecule has 12 heavy (non-hydrogen) atoms. The van der Waals surface area contributed by atoms with Gasteiger partial charge in [-0.3, -0.25) is 4.99 Å². The van der Waals surface area contributed by atoms with Crippen molar-refractivity contribution >= 4 is 5.71 Å². The number of hydrogen-bond acceptors (Lipinski definition) is 1. The molecule has 0 spiro atoms. The second-order valence-electron chi connectivity index (χ2n) is 2.69. The van der Waals surface area contributed by atoms with Crippen molar-refractivity contribution in [3.05, 3.63) is 23.9 Å². The molecule has 0 N–H and O–H groups in total. The fourth-order valence-corrected chi connectivity index (χ4v) is 1.06. The van der Waals surface area contributed by atoms with Crippen molar-refractivity contribution in [2.75, 3.05) is 0 Å². The average molecular weight is 165 g/mol. The summed E-state index contributed by atoms with van der Waals surface area (Å²) in [5, 5.41) is 0. The molecule has 0 rings (SSSR count). The predicted octanol–water partition coefficient (Wildman–Crippen LogP) is 3.73. The molecule has 0 fully saturated rings. The van der Waals surface area contributed by atoms with Crippen LogP contribution in [0, 0.1) is 0 Å². The van der Waals surface area contributed by atoms with Crippen molar-refractivity contribution in [2.24, 2.45) is 4.99 Å². The maximum Gasteiger partial charge on any atom is 0.0401 e. The Morgan fingerprint density at radius 1 is 1.33 bits per heavy atom. The molecule has 0 unspecified atom stereocenters. The largest absolute Gasteiger partial charge is 0.262 e. The van der Waals surface area contributed by atoms with E-state index in [4.69, 9.17) is 0 Å². The van der Waals surface area contributed by atoms with Crippen LogP contribution in [0.25, 0.3) is 0 Å². The molecular weight excluding hydrogens is 146 g/mol. The van der Waals surface area contributed by atoms with Gasteiger partial charge in [0.05, 0.1) is 0 Å². The van der Waals surface area contributed by atoms with Gasteiger partial charge in [0.2, 0.25) is 0 Å². The molecule has 0 heterocycles. The first-order valence-electron chi connectivity index (χ1n) is 4.61. The smallest absolute Gasteiger partial charge is 0.0401 e. The van der Waals surface area contributed by atoms with Crippen LogP contribution >= 0.6 is 0 Å². The van der Waals surface area contributed by atoms with Gasteiger partial charge in [0, 0.05) is 11.9 Å². The summed E-state index contributed by atoms with van der Waals surface area (Å²) in [7, 11) is 0. The molecule has 1 heteroatoms. The highest BCUT2D eigenvalue weighted by Gasteiger charge is 1.95. The van der Waals surface area contributed by atoms with Crippen LogP contribution in [0.2, 0.25) is 0 Å². The summed E-state index contributed by atoms with van der Waals surface area (Å²) in [6.07, 6.45) is 8.19. The van der Waals surface area contributed by atoms with Gasteiger partial charge in [-0.15, -0.1) is 0 Å². The van der Waals surface area contributed by atoms with Crippen LogP contribution in [-0.2, 0) is 0 Å². The molecule has 0 atom stereocenters. The van der Waals surface area contributed by atoms with Crippen LogP contribution in [0.5, 0.6) is 0 Å². The van der Waals surface area contributed by atoms with E-state index in [1.165, 1.54) is 5.57 Å². The van der Waals surface area contributed by atoms with Gasteiger partial charge in [0.1, 0.15) is 0 Å². The van der Waals surface area contributed by atoms with E-state index in [0.29, 0.717) is 0 Å². The Hall–Kier alpha value is -0.850. The van der Waals surface area contributed by atoms with Gasteiger partial charge >= 0.3 is 0 Å². The predicted molar refractivity (Wildman–Crippen MR) is 56.6 cm³/mol. The van der Waals surface area contributed by atoms with Crippen LogP contribution in [0.4, 0.5) is 0 Å². The minimum atomic E-state index is 1.07. The summed E-state index contributed by atoms with van der Waals surface area (Å²) in [5.41, 5.74) is 2.49. The molecule has 0 saturated heterocycles. The second-order valence-corrected chi connectivity index (χ2v) is 2.69. The Kier molecular flexibility index (Phi) is 6.35. The molecule has 0 aromatic carbocycles. The van der Waals surface area contributed by atoms with E-state index in [-0.39, 0.29) is 0 Å². The summed E-state index contributed by atoms with van der Waals surface area (Å²) < 4.78 is 0. The van der Waals surface area contributed by atoms with Gasteiger partial charge in [-0.1, -0.05) is 26.0 Å². The number of nitrogens with zero attached hydrogens (tertiary/aromatic N) is 1. The van der Waals surface area contributed by atoms with Crippen molar-refractivity contribution in [1.29, 1.82) is 0 Å². The van der Waals surface area contributed by atoms with E-state index < -0.39 is 0 Å².